The van der Waals surface area contributed by atoms with E-state index in [0.29, 0.717) is 23.0 Å². The molecule has 0 aromatic rings. The number of rotatable bonds is 0. The predicted octanol–water partition coefficient (Wildman–Crippen LogP) is 4.77. The summed E-state index contributed by atoms with van der Waals surface area (Å²) in [5, 5.41) is 0. The van der Waals surface area contributed by atoms with E-state index in [2.05, 4.69) is 18.8 Å². The first kappa shape index (κ1) is 14.6. The molecule has 4 aliphatic rings. The number of hydrogen-bond donors (Lipinski definition) is 0. The highest BCUT2D eigenvalue weighted by Crippen LogP contribution is 2.63. The maximum absolute atomic E-state index is 11.9. The summed E-state index contributed by atoms with van der Waals surface area (Å²) in [6.45, 7) is 4.53. The van der Waals surface area contributed by atoms with Crippen LogP contribution in [-0.2, 0) is 4.79 Å². The van der Waals surface area contributed by atoms with Crippen molar-refractivity contribution < 1.29 is 4.79 Å². The molecule has 0 aliphatic heterocycles. The fourth-order valence-corrected chi connectivity index (χ4v) is 6.55. The van der Waals surface area contributed by atoms with E-state index in [1.807, 2.05) is 13.0 Å². The van der Waals surface area contributed by atoms with Gasteiger partial charge < -0.3 is 0 Å². The summed E-state index contributed by atoms with van der Waals surface area (Å²) >= 11 is 0. The van der Waals surface area contributed by atoms with Crippen molar-refractivity contribution >= 4 is 5.78 Å². The Bertz CT molecular complexity index is 574. The van der Waals surface area contributed by atoms with E-state index in [9.17, 15) is 4.79 Å². The third-order valence-corrected chi connectivity index (χ3v) is 7.46. The van der Waals surface area contributed by atoms with Crippen molar-refractivity contribution in [3.8, 4) is 11.8 Å². The molecule has 3 fully saturated rings. The highest BCUT2D eigenvalue weighted by atomic mass is 16.1. The second kappa shape index (κ2) is 5.26. The molecule has 0 saturated heterocycles. The third-order valence-electron chi connectivity index (χ3n) is 7.46. The van der Waals surface area contributed by atoms with Gasteiger partial charge in [-0.15, -0.1) is 5.92 Å². The lowest BCUT2D eigenvalue weighted by Crippen LogP contribution is -2.48. The number of allylic oxidation sites excluding steroid dienone is 1. The van der Waals surface area contributed by atoms with Crippen molar-refractivity contribution in [2.45, 2.75) is 65.2 Å². The zero-order valence-electron chi connectivity index (χ0n) is 14.0. The Hall–Kier alpha value is -1.03. The van der Waals surface area contributed by atoms with Crippen LogP contribution in [-0.4, -0.2) is 5.78 Å². The van der Waals surface area contributed by atoms with Crippen LogP contribution in [0.15, 0.2) is 11.6 Å². The Kier molecular flexibility index (Phi) is 3.48. The van der Waals surface area contributed by atoms with E-state index < -0.39 is 0 Å². The third kappa shape index (κ3) is 2.10. The standard InChI is InChI=1S/C21H28O/c1-3-5-14-12-15-13-16(22)7-8-17(15)18-9-11-21(2)10-4-6-19(21)20(14)18/h13-14,17-20H,4,6-12H2,1-2H3/t14-,17+,18-,19+,20-,21+/m1/s1. The number of carbonyl (C=O) groups is 1. The van der Waals surface area contributed by atoms with E-state index in [0.717, 1.165) is 37.0 Å². The first-order chi connectivity index (χ1) is 10.6. The summed E-state index contributed by atoms with van der Waals surface area (Å²) in [5.74, 6) is 10.8. The van der Waals surface area contributed by atoms with Crippen molar-refractivity contribution in [2.24, 2.45) is 35.0 Å². The average Bonchev–Trinajstić information content (AvgIpc) is 2.88. The van der Waals surface area contributed by atoms with E-state index in [1.165, 1.54) is 37.7 Å². The average molecular weight is 296 g/mol. The largest absolute Gasteiger partial charge is 0.295 e. The zero-order chi connectivity index (χ0) is 15.3. The molecule has 4 rings (SSSR count). The molecular weight excluding hydrogens is 268 g/mol. The normalized spacial score (nSPS) is 46.7. The van der Waals surface area contributed by atoms with Crippen molar-refractivity contribution in [1.82, 2.24) is 0 Å². The Morgan fingerprint density at radius 2 is 2.09 bits per heavy atom. The summed E-state index contributed by atoms with van der Waals surface area (Å²) in [6, 6.07) is 0. The van der Waals surface area contributed by atoms with Gasteiger partial charge in [0.1, 0.15) is 0 Å². The van der Waals surface area contributed by atoms with E-state index in [4.69, 9.17) is 0 Å². The summed E-state index contributed by atoms with van der Waals surface area (Å²) in [4.78, 5) is 11.9. The smallest absolute Gasteiger partial charge is 0.155 e. The Morgan fingerprint density at radius 3 is 2.91 bits per heavy atom. The van der Waals surface area contributed by atoms with Gasteiger partial charge >= 0.3 is 0 Å². The number of fused-ring (bicyclic) bond motifs is 5. The summed E-state index contributed by atoms with van der Waals surface area (Å²) in [7, 11) is 0. The molecule has 3 saturated carbocycles. The Labute approximate surface area is 134 Å². The van der Waals surface area contributed by atoms with Gasteiger partial charge in [0, 0.05) is 12.3 Å². The Balaban J connectivity index is 1.73. The molecule has 118 valence electrons. The van der Waals surface area contributed by atoms with E-state index in [-0.39, 0.29) is 0 Å². The van der Waals surface area contributed by atoms with Crippen LogP contribution in [0.3, 0.4) is 0 Å². The molecule has 6 atom stereocenters. The monoisotopic (exact) mass is 296 g/mol. The molecule has 0 N–H and O–H groups in total. The quantitative estimate of drug-likeness (QED) is 0.589. The van der Waals surface area contributed by atoms with Crippen LogP contribution in [0, 0.1) is 46.8 Å². The number of ketones is 1. The first-order valence-corrected chi connectivity index (χ1v) is 9.28. The molecule has 0 heterocycles. The molecule has 0 aromatic carbocycles. The van der Waals surface area contributed by atoms with Gasteiger partial charge in [0.25, 0.3) is 0 Å². The lowest BCUT2D eigenvalue weighted by Gasteiger charge is -2.54. The molecule has 0 spiro atoms. The molecule has 22 heavy (non-hydrogen) atoms. The minimum absolute atomic E-state index is 0.356. The van der Waals surface area contributed by atoms with Crippen molar-refractivity contribution in [2.75, 3.05) is 0 Å². The van der Waals surface area contributed by atoms with Crippen molar-refractivity contribution in [1.29, 1.82) is 0 Å². The van der Waals surface area contributed by atoms with E-state index in [1.54, 1.807) is 0 Å². The van der Waals surface area contributed by atoms with Crippen molar-refractivity contribution in [3.05, 3.63) is 11.6 Å². The fraction of sp³-hybridized carbons (Fsp3) is 0.762. The van der Waals surface area contributed by atoms with Gasteiger partial charge in [-0.1, -0.05) is 24.8 Å². The highest BCUT2D eigenvalue weighted by molar-refractivity contribution is 5.91. The fourth-order valence-electron chi connectivity index (χ4n) is 6.55. The SMILES string of the molecule is CC#C[C@@H]1CC2=CC(=O)CC[C@@H]2[C@H]2CC[C@]3(C)CCC[C@H]3[C@@H]21. The molecule has 0 bridgehead atoms. The first-order valence-electron chi connectivity index (χ1n) is 9.28. The molecule has 1 heteroatoms. The van der Waals surface area contributed by atoms with Crippen LogP contribution in [0.2, 0.25) is 0 Å². The summed E-state index contributed by atoms with van der Waals surface area (Å²) < 4.78 is 0. The molecule has 1 nitrogen and oxygen atoms in total. The zero-order valence-corrected chi connectivity index (χ0v) is 14.0. The number of carbonyl (C=O) groups excluding carboxylic acids is 1. The van der Waals surface area contributed by atoms with Crippen molar-refractivity contribution in [3.63, 3.8) is 0 Å². The molecule has 0 radical (unpaired) electrons. The molecule has 4 aliphatic carbocycles. The van der Waals surface area contributed by atoms with Crippen LogP contribution in [0.25, 0.3) is 0 Å². The highest BCUT2D eigenvalue weighted by Gasteiger charge is 2.55. The summed E-state index contributed by atoms with van der Waals surface area (Å²) in [5.41, 5.74) is 2.03. The van der Waals surface area contributed by atoms with Crippen LogP contribution < -0.4 is 0 Å². The minimum Gasteiger partial charge on any atom is -0.295 e. The second-order valence-electron chi connectivity index (χ2n) is 8.47. The van der Waals surface area contributed by atoms with Gasteiger partial charge in [0.2, 0.25) is 0 Å². The van der Waals surface area contributed by atoms with Gasteiger partial charge in [0.05, 0.1) is 0 Å². The topological polar surface area (TPSA) is 17.1 Å². The lowest BCUT2D eigenvalue weighted by molar-refractivity contribution is -0.116. The lowest BCUT2D eigenvalue weighted by atomic mass is 9.50. The minimum atomic E-state index is 0.356. The van der Waals surface area contributed by atoms with Gasteiger partial charge in [-0.3, -0.25) is 4.79 Å². The van der Waals surface area contributed by atoms with Gasteiger partial charge in [0.15, 0.2) is 5.78 Å². The number of hydrogen-bond acceptors (Lipinski definition) is 1. The predicted molar refractivity (Wildman–Crippen MR) is 89.0 cm³/mol. The van der Waals surface area contributed by atoms with E-state index >= 15 is 0 Å². The molecular formula is C21H28O. The van der Waals surface area contributed by atoms with Crippen LogP contribution in [0.4, 0.5) is 0 Å². The maximum Gasteiger partial charge on any atom is 0.155 e. The maximum atomic E-state index is 11.9. The van der Waals surface area contributed by atoms with Crippen LogP contribution in [0.1, 0.15) is 65.2 Å². The van der Waals surface area contributed by atoms with Gasteiger partial charge in [-0.05, 0) is 80.6 Å². The van der Waals surface area contributed by atoms with Gasteiger partial charge in [-0.25, -0.2) is 0 Å². The molecule has 0 aromatic heterocycles. The Morgan fingerprint density at radius 1 is 1.23 bits per heavy atom. The molecule has 0 unspecified atom stereocenters. The second-order valence-corrected chi connectivity index (χ2v) is 8.47. The molecule has 0 amide bonds. The van der Waals surface area contributed by atoms with Crippen LogP contribution >= 0.6 is 0 Å². The van der Waals surface area contributed by atoms with Crippen LogP contribution in [0.5, 0.6) is 0 Å². The van der Waals surface area contributed by atoms with Gasteiger partial charge in [-0.2, -0.15) is 0 Å². The summed E-state index contributed by atoms with van der Waals surface area (Å²) in [6.07, 6.45) is 12.0.